The van der Waals surface area contributed by atoms with Gasteiger partial charge in [0.05, 0.1) is 5.39 Å². The van der Waals surface area contributed by atoms with Gasteiger partial charge in [0.2, 0.25) is 0 Å². The lowest BCUT2D eigenvalue weighted by atomic mass is 9.81. The number of rotatable bonds is 7. The highest BCUT2D eigenvalue weighted by Gasteiger charge is 2.33. The van der Waals surface area contributed by atoms with Crippen molar-refractivity contribution >= 4 is 28.6 Å². The highest BCUT2D eigenvalue weighted by atomic mass is 32.2. The van der Waals surface area contributed by atoms with E-state index in [2.05, 4.69) is 44.7 Å². The summed E-state index contributed by atoms with van der Waals surface area (Å²) >= 11 is 2.19. The lowest BCUT2D eigenvalue weighted by Crippen LogP contribution is -2.44. The average molecular weight is 345 g/mol. The Labute approximate surface area is 148 Å². The van der Waals surface area contributed by atoms with Crippen molar-refractivity contribution in [2.45, 2.75) is 51.0 Å². The number of hydrogen-bond donors (Lipinski definition) is 1. The number of hydrogen-bond acceptors (Lipinski definition) is 4. The first kappa shape index (κ1) is 16.2. The monoisotopic (exact) mass is 344 g/mol. The van der Waals surface area contributed by atoms with Crippen LogP contribution < -0.4 is 4.90 Å². The number of nitrogens with one attached hydrogen (secondary N) is 1. The standard InChI is InChI=1S/C19H28N4S/c1-23(19-17-6-8-20-18(17)21-13-22-19)16-10-15(11-16)12-24-9-7-14-4-2-3-5-14/h6,8,13-16H,2-5,7,9-12H2,1H3,(H,20,21,22)/t15-,16+. The number of aromatic amines is 1. The topological polar surface area (TPSA) is 44.8 Å². The first-order chi connectivity index (χ1) is 11.8. The van der Waals surface area contributed by atoms with Crippen LogP contribution in [0.3, 0.4) is 0 Å². The summed E-state index contributed by atoms with van der Waals surface area (Å²) in [6, 6.07) is 2.72. The molecule has 2 aliphatic carbocycles. The predicted molar refractivity (Wildman–Crippen MR) is 103 cm³/mol. The molecule has 4 nitrogen and oxygen atoms in total. The largest absolute Gasteiger partial charge is 0.356 e. The van der Waals surface area contributed by atoms with Gasteiger partial charge in [-0.05, 0) is 48.7 Å². The smallest absolute Gasteiger partial charge is 0.142 e. The van der Waals surface area contributed by atoms with E-state index in [1.165, 1.54) is 56.5 Å². The molecule has 0 atom stereocenters. The third-order valence-electron chi connectivity index (χ3n) is 5.92. The maximum Gasteiger partial charge on any atom is 0.142 e. The molecule has 0 radical (unpaired) electrons. The summed E-state index contributed by atoms with van der Waals surface area (Å²) in [5.74, 6) is 5.73. The zero-order valence-corrected chi connectivity index (χ0v) is 15.4. The molecule has 0 saturated heterocycles. The zero-order valence-electron chi connectivity index (χ0n) is 14.6. The molecule has 2 heterocycles. The highest BCUT2D eigenvalue weighted by molar-refractivity contribution is 7.99. The van der Waals surface area contributed by atoms with Crippen LogP contribution in [0, 0.1) is 11.8 Å². The summed E-state index contributed by atoms with van der Waals surface area (Å²) < 4.78 is 0. The maximum absolute atomic E-state index is 4.52. The fourth-order valence-corrected chi connectivity index (χ4v) is 5.54. The minimum Gasteiger partial charge on any atom is -0.356 e. The number of anilines is 1. The van der Waals surface area contributed by atoms with Gasteiger partial charge in [0, 0.05) is 19.3 Å². The maximum atomic E-state index is 4.52. The van der Waals surface area contributed by atoms with E-state index in [9.17, 15) is 0 Å². The van der Waals surface area contributed by atoms with Crippen molar-refractivity contribution in [3.05, 3.63) is 18.6 Å². The number of H-pyrrole nitrogens is 1. The Morgan fingerprint density at radius 1 is 1.21 bits per heavy atom. The van der Waals surface area contributed by atoms with E-state index in [-0.39, 0.29) is 0 Å². The van der Waals surface area contributed by atoms with E-state index in [0.717, 1.165) is 28.7 Å². The molecule has 0 spiro atoms. The van der Waals surface area contributed by atoms with Gasteiger partial charge in [0.1, 0.15) is 17.8 Å². The summed E-state index contributed by atoms with van der Waals surface area (Å²) in [5.41, 5.74) is 0.935. The molecule has 2 aliphatic rings. The van der Waals surface area contributed by atoms with Crippen LogP contribution in [0.2, 0.25) is 0 Å². The number of fused-ring (bicyclic) bond motifs is 1. The lowest BCUT2D eigenvalue weighted by Gasteiger charge is -2.42. The minimum atomic E-state index is 0.637. The van der Waals surface area contributed by atoms with E-state index in [4.69, 9.17) is 0 Å². The fraction of sp³-hybridized carbons (Fsp3) is 0.684. The first-order valence-electron chi connectivity index (χ1n) is 9.40. The number of aromatic nitrogens is 3. The van der Waals surface area contributed by atoms with Crippen LogP contribution in [-0.4, -0.2) is 39.5 Å². The van der Waals surface area contributed by atoms with Crippen LogP contribution in [0.15, 0.2) is 18.6 Å². The molecular weight excluding hydrogens is 316 g/mol. The quantitative estimate of drug-likeness (QED) is 0.752. The second-order valence-corrected chi connectivity index (χ2v) is 8.70. The van der Waals surface area contributed by atoms with Crippen molar-refractivity contribution in [3.8, 4) is 0 Å². The molecule has 0 aromatic carbocycles. The molecule has 1 N–H and O–H groups in total. The molecule has 0 unspecified atom stereocenters. The molecule has 2 aromatic heterocycles. The van der Waals surface area contributed by atoms with E-state index in [1.54, 1.807) is 6.33 Å². The Bertz CT molecular complexity index is 658. The van der Waals surface area contributed by atoms with Crippen LogP contribution in [0.1, 0.15) is 44.9 Å². The first-order valence-corrected chi connectivity index (χ1v) is 10.6. The molecule has 130 valence electrons. The van der Waals surface area contributed by atoms with Crippen molar-refractivity contribution in [2.24, 2.45) is 11.8 Å². The third-order valence-corrected chi connectivity index (χ3v) is 7.16. The Balaban J connectivity index is 1.21. The Morgan fingerprint density at radius 2 is 2.04 bits per heavy atom. The van der Waals surface area contributed by atoms with E-state index >= 15 is 0 Å². The van der Waals surface area contributed by atoms with Gasteiger partial charge in [0.15, 0.2) is 0 Å². The van der Waals surface area contributed by atoms with Gasteiger partial charge in [-0.2, -0.15) is 11.8 Å². The number of nitrogens with zero attached hydrogens (tertiary/aromatic N) is 3. The lowest BCUT2D eigenvalue weighted by molar-refractivity contribution is 0.285. The summed E-state index contributed by atoms with van der Waals surface area (Å²) in [4.78, 5) is 14.3. The highest BCUT2D eigenvalue weighted by Crippen LogP contribution is 2.37. The van der Waals surface area contributed by atoms with Gasteiger partial charge in [0.25, 0.3) is 0 Å². The van der Waals surface area contributed by atoms with E-state index in [1.807, 2.05) is 6.20 Å². The zero-order chi connectivity index (χ0) is 16.4. The Kier molecular flexibility index (Phi) is 4.97. The second kappa shape index (κ2) is 7.34. The van der Waals surface area contributed by atoms with Gasteiger partial charge in [-0.3, -0.25) is 0 Å². The fourth-order valence-electron chi connectivity index (χ4n) is 4.26. The van der Waals surface area contributed by atoms with Crippen molar-refractivity contribution in [1.29, 1.82) is 0 Å². The van der Waals surface area contributed by atoms with Crippen LogP contribution >= 0.6 is 11.8 Å². The summed E-state index contributed by atoms with van der Waals surface area (Å²) in [6.45, 7) is 0. The van der Waals surface area contributed by atoms with Crippen molar-refractivity contribution in [1.82, 2.24) is 15.0 Å². The Hall–Kier alpha value is -1.23. The predicted octanol–water partition coefficient (Wildman–Crippen LogP) is 4.49. The second-order valence-electron chi connectivity index (χ2n) is 7.55. The molecule has 2 saturated carbocycles. The van der Waals surface area contributed by atoms with Gasteiger partial charge in [-0.25, -0.2) is 9.97 Å². The molecule has 24 heavy (non-hydrogen) atoms. The SMILES string of the molecule is CN(c1ncnc2[nH]ccc12)[C@H]1C[C@@H](CSCCC2CCCC2)C1. The average Bonchev–Trinajstić information content (AvgIpc) is 3.23. The molecular formula is C19H28N4S. The van der Waals surface area contributed by atoms with E-state index < -0.39 is 0 Å². The van der Waals surface area contributed by atoms with Crippen LogP contribution in [0.4, 0.5) is 5.82 Å². The summed E-state index contributed by atoms with van der Waals surface area (Å²) in [7, 11) is 2.18. The van der Waals surface area contributed by atoms with Gasteiger partial charge in [-0.15, -0.1) is 0 Å². The van der Waals surface area contributed by atoms with Gasteiger partial charge in [-0.1, -0.05) is 25.7 Å². The molecule has 0 bridgehead atoms. The van der Waals surface area contributed by atoms with Crippen molar-refractivity contribution in [2.75, 3.05) is 23.5 Å². The molecule has 4 rings (SSSR count). The summed E-state index contributed by atoms with van der Waals surface area (Å²) in [6.07, 6.45) is 13.6. The van der Waals surface area contributed by atoms with Crippen LogP contribution in [0.5, 0.6) is 0 Å². The normalized spacial score (nSPS) is 24.4. The minimum absolute atomic E-state index is 0.637. The molecule has 0 aliphatic heterocycles. The van der Waals surface area contributed by atoms with Gasteiger partial charge >= 0.3 is 0 Å². The third kappa shape index (κ3) is 3.41. The van der Waals surface area contributed by atoms with Crippen LogP contribution in [-0.2, 0) is 0 Å². The molecule has 0 amide bonds. The van der Waals surface area contributed by atoms with Crippen LogP contribution in [0.25, 0.3) is 11.0 Å². The van der Waals surface area contributed by atoms with Crippen molar-refractivity contribution in [3.63, 3.8) is 0 Å². The summed E-state index contributed by atoms with van der Waals surface area (Å²) in [5, 5.41) is 1.13. The molecule has 2 aromatic rings. The number of thioether (sulfide) groups is 1. The van der Waals surface area contributed by atoms with E-state index in [0.29, 0.717) is 6.04 Å². The van der Waals surface area contributed by atoms with Gasteiger partial charge < -0.3 is 9.88 Å². The molecule has 5 heteroatoms. The Morgan fingerprint density at radius 3 is 2.88 bits per heavy atom. The van der Waals surface area contributed by atoms with Crippen molar-refractivity contribution < 1.29 is 0 Å². The molecule has 2 fully saturated rings.